The highest BCUT2D eigenvalue weighted by Crippen LogP contribution is 2.37. The Morgan fingerprint density at radius 1 is 0.938 bits per heavy atom. The van der Waals surface area contributed by atoms with Crippen LogP contribution < -0.4 is 14.4 Å². The molecule has 4 rings (SSSR count). The van der Waals surface area contributed by atoms with Crippen molar-refractivity contribution in [2.75, 3.05) is 25.7 Å². The number of anilines is 1. The molecular formula is C23H17NO7S. The Kier molecular flexibility index (Phi) is 5.74. The first kappa shape index (κ1) is 21.3. The van der Waals surface area contributed by atoms with Gasteiger partial charge in [0.05, 0.1) is 41.5 Å². The Labute approximate surface area is 186 Å². The highest BCUT2D eigenvalue weighted by atomic mass is 32.1. The van der Waals surface area contributed by atoms with Gasteiger partial charge in [-0.2, -0.15) is 0 Å². The highest BCUT2D eigenvalue weighted by molar-refractivity contribution is 7.12. The van der Waals surface area contributed by atoms with Crippen LogP contribution in [0.3, 0.4) is 0 Å². The molecule has 2 amide bonds. The summed E-state index contributed by atoms with van der Waals surface area (Å²) in [7, 11) is 2.91. The first-order chi connectivity index (χ1) is 15.4. The fourth-order valence-electron chi connectivity index (χ4n) is 3.28. The van der Waals surface area contributed by atoms with Crippen molar-refractivity contribution in [2.24, 2.45) is 0 Å². The van der Waals surface area contributed by atoms with E-state index in [0.717, 1.165) is 4.90 Å². The van der Waals surface area contributed by atoms with Crippen LogP contribution in [0.15, 0.2) is 53.9 Å². The third kappa shape index (κ3) is 3.74. The van der Waals surface area contributed by atoms with Crippen LogP contribution in [0, 0.1) is 0 Å². The van der Waals surface area contributed by atoms with Gasteiger partial charge in [-0.1, -0.05) is 6.07 Å². The maximum Gasteiger partial charge on any atom is 0.338 e. The van der Waals surface area contributed by atoms with E-state index >= 15 is 0 Å². The molecule has 1 aromatic heterocycles. The number of ketones is 1. The van der Waals surface area contributed by atoms with Gasteiger partial charge in [-0.15, -0.1) is 11.3 Å². The van der Waals surface area contributed by atoms with Crippen LogP contribution >= 0.6 is 11.3 Å². The standard InChI is InChI=1S/C23H17NO7S/c1-29-14-6-8-17(19(11-14)30-2)24-21(26)15-7-5-13(10-16(15)22(24)27)23(28)31-12-18(25)20-4-3-9-32-20/h3-11H,12H2,1-2H3. The third-order valence-electron chi connectivity index (χ3n) is 4.88. The number of carbonyl (C=O) groups excluding carboxylic acids is 4. The average Bonchev–Trinajstić information content (AvgIpc) is 3.44. The fraction of sp³-hybridized carbons (Fsp3) is 0.130. The number of benzene rings is 2. The van der Waals surface area contributed by atoms with Gasteiger partial charge in [-0.05, 0) is 41.8 Å². The van der Waals surface area contributed by atoms with E-state index in [9.17, 15) is 19.2 Å². The Bertz CT molecular complexity index is 1230. The molecule has 0 saturated heterocycles. The maximum absolute atomic E-state index is 13.0. The Hall–Kier alpha value is -3.98. The number of fused-ring (bicyclic) bond motifs is 1. The molecule has 8 nitrogen and oxygen atoms in total. The van der Waals surface area contributed by atoms with Gasteiger partial charge in [0.25, 0.3) is 11.8 Å². The van der Waals surface area contributed by atoms with Crippen LogP contribution in [0.5, 0.6) is 11.5 Å². The van der Waals surface area contributed by atoms with Gasteiger partial charge in [0.1, 0.15) is 11.5 Å². The SMILES string of the molecule is COc1ccc(N2C(=O)c3ccc(C(=O)OCC(=O)c4cccs4)cc3C2=O)c(OC)c1. The molecule has 9 heteroatoms. The summed E-state index contributed by atoms with van der Waals surface area (Å²) in [5.74, 6) is -1.44. The van der Waals surface area contributed by atoms with Gasteiger partial charge in [0.2, 0.25) is 5.78 Å². The second-order valence-corrected chi connectivity index (χ2v) is 7.67. The van der Waals surface area contributed by atoms with Crippen molar-refractivity contribution in [1.29, 1.82) is 0 Å². The molecule has 1 aliphatic heterocycles. The molecule has 0 unspecified atom stereocenters. The van der Waals surface area contributed by atoms with Crippen LogP contribution in [-0.2, 0) is 4.74 Å². The number of imide groups is 1. The summed E-state index contributed by atoms with van der Waals surface area (Å²) in [6.45, 7) is -0.418. The molecular weight excluding hydrogens is 434 g/mol. The van der Waals surface area contributed by atoms with Gasteiger partial charge < -0.3 is 14.2 Å². The van der Waals surface area contributed by atoms with Gasteiger partial charge in [-0.25, -0.2) is 9.69 Å². The summed E-state index contributed by atoms with van der Waals surface area (Å²) >= 11 is 1.25. The summed E-state index contributed by atoms with van der Waals surface area (Å²) in [5.41, 5.74) is 0.531. The lowest BCUT2D eigenvalue weighted by Crippen LogP contribution is -2.29. The number of rotatable bonds is 7. The van der Waals surface area contributed by atoms with E-state index < -0.39 is 24.4 Å². The predicted octanol–water partition coefficient (Wildman–Crippen LogP) is 3.61. The van der Waals surface area contributed by atoms with Crippen LogP contribution in [0.4, 0.5) is 5.69 Å². The number of thiophene rings is 1. The van der Waals surface area contributed by atoms with E-state index in [4.69, 9.17) is 14.2 Å². The number of hydrogen-bond acceptors (Lipinski definition) is 8. The molecule has 2 heterocycles. The molecule has 0 spiro atoms. The van der Waals surface area contributed by atoms with Crippen molar-refractivity contribution >= 4 is 40.6 Å². The maximum atomic E-state index is 13.0. The van der Waals surface area contributed by atoms with E-state index in [-0.39, 0.29) is 33.9 Å². The second kappa shape index (κ2) is 8.64. The van der Waals surface area contributed by atoms with Gasteiger partial charge >= 0.3 is 5.97 Å². The van der Waals surface area contributed by atoms with E-state index in [2.05, 4.69) is 0 Å². The van der Waals surface area contributed by atoms with Crippen LogP contribution in [-0.4, -0.2) is 44.4 Å². The Morgan fingerprint density at radius 3 is 2.41 bits per heavy atom. The molecule has 0 atom stereocenters. The van der Waals surface area contributed by atoms with E-state index in [0.29, 0.717) is 10.6 Å². The lowest BCUT2D eigenvalue weighted by atomic mass is 10.1. The molecule has 0 bridgehead atoms. The first-order valence-electron chi connectivity index (χ1n) is 9.43. The molecule has 32 heavy (non-hydrogen) atoms. The summed E-state index contributed by atoms with van der Waals surface area (Å²) in [4.78, 5) is 51.9. The Balaban J connectivity index is 1.57. The number of Topliss-reactive ketones (excluding diaryl/α,β-unsaturated/α-hetero) is 1. The highest BCUT2D eigenvalue weighted by Gasteiger charge is 2.38. The third-order valence-corrected chi connectivity index (χ3v) is 5.79. The largest absolute Gasteiger partial charge is 0.497 e. The molecule has 2 aromatic carbocycles. The Morgan fingerprint density at radius 2 is 1.72 bits per heavy atom. The van der Waals surface area contributed by atoms with Gasteiger partial charge in [0, 0.05) is 6.07 Å². The minimum absolute atomic E-state index is 0.0619. The van der Waals surface area contributed by atoms with Crippen LogP contribution in [0.2, 0.25) is 0 Å². The normalized spacial score (nSPS) is 12.5. The molecule has 162 valence electrons. The number of hydrogen-bond donors (Lipinski definition) is 0. The monoisotopic (exact) mass is 451 g/mol. The number of methoxy groups -OCH3 is 2. The smallest absolute Gasteiger partial charge is 0.338 e. The quantitative estimate of drug-likeness (QED) is 0.307. The van der Waals surface area contributed by atoms with Crippen molar-refractivity contribution in [3.63, 3.8) is 0 Å². The zero-order valence-electron chi connectivity index (χ0n) is 17.1. The minimum Gasteiger partial charge on any atom is -0.497 e. The van der Waals surface area contributed by atoms with E-state index in [1.165, 1.54) is 43.8 Å². The molecule has 0 radical (unpaired) electrons. The van der Waals surface area contributed by atoms with E-state index in [1.54, 1.807) is 35.7 Å². The lowest BCUT2D eigenvalue weighted by Gasteiger charge is -2.17. The van der Waals surface area contributed by atoms with Crippen molar-refractivity contribution in [1.82, 2.24) is 0 Å². The number of amides is 2. The zero-order valence-corrected chi connectivity index (χ0v) is 17.9. The predicted molar refractivity (Wildman–Crippen MR) is 116 cm³/mol. The van der Waals surface area contributed by atoms with Crippen LogP contribution in [0.1, 0.15) is 40.7 Å². The second-order valence-electron chi connectivity index (χ2n) is 6.72. The fourth-order valence-corrected chi connectivity index (χ4v) is 3.93. The van der Waals surface area contributed by atoms with Gasteiger partial charge in [0.15, 0.2) is 6.61 Å². The molecule has 1 aliphatic rings. The topological polar surface area (TPSA) is 99.2 Å². The lowest BCUT2D eigenvalue weighted by molar-refractivity contribution is 0.0475. The molecule has 0 saturated carbocycles. The van der Waals surface area contributed by atoms with Crippen molar-refractivity contribution in [3.8, 4) is 11.5 Å². The van der Waals surface area contributed by atoms with Gasteiger partial charge in [-0.3, -0.25) is 14.4 Å². The van der Waals surface area contributed by atoms with Crippen molar-refractivity contribution < 1.29 is 33.4 Å². The number of carbonyl (C=O) groups is 4. The first-order valence-corrected chi connectivity index (χ1v) is 10.3. The minimum atomic E-state index is -0.765. The van der Waals surface area contributed by atoms with Crippen molar-refractivity contribution in [3.05, 3.63) is 75.5 Å². The van der Waals surface area contributed by atoms with Crippen molar-refractivity contribution in [2.45, 2.75) is 0 Å². The summed E-state index contributed by atoms with van der Waals surface area (Å²) in [6.07, 6.45) is 0. The molecule has 0 aliphatic carbocycles. The molecule has 3 aromatic rings. The molecule has 0 N–H and O–H groups in total. The number of esters is 1. The summed E-state index contributed by atoms with van der Waals surface area (Å²) in [6, 6.07) is 12.2. The van der Waals surface area contributed by atoms with E-state index in [1.807, 2.05) is 0 Å². The number of ether oxygens (including phenoxy) is 3. The molecule has 0 fully saturated rings. The number of nitrogens with zero attached hydrogens (tertiary/aromatic N) is 1. The van der Waals surface area contributed by atoms with Crippen LogP contribution in [0.25, 0.3) is 0 Å². The average molecular weight is 451 g/mol. The summed E-state index contributed by atoms with van der Waals surface area (Å²) < 4.78 is 15.5. The zero-order chi connectivity index (χ0) is 22.8. The summed E-state index contributed by atoms with van der Waals surface area (Å²) in [5, 5.41) is 1.75.